The van der Waals surface area contributed by atoms with Gasteiger partial charge in [0.15, 0.2) is 6.10 Å². The maximum absolute atomic E-state index is 12.5. The highest BCUT2D eigenvalue weighted by Crippen LogP contribution is 2.33. The number of amides is 1. The Kier molecular flexibility index (Phi) is 5.89. The molecule has 1 aliphatic rings. The zero-order valence-electron chi connectivity index (χ0n) is 16.6. The number of benzene rings is 1. The van der Waals surface area contributed by atoms with Gasteiger partial charge in [0.1, 0.15) is 5.75 Å². The second-order valence-corrected chi connectivity index (χ2v) is 7.43. The number of nitrogens with one attached hydrogen (secondary N) is 1. The summed E-state index contributed by atoms with van der Waals surface area (Å²) in [7, 11) is 0. The summed E-state index contributed by atoms with van der Waals surface area (Å²) >= 11 is 0. The first-order chi connectivity index (χ1) is 14.2. The normalized spacial score (nSPS) is 15.2. The fourth-order valence-corrected chi connectivity index (χ4v) is 3.78. The number of rotatable bonds is 7. The average Bonchev–Trinajstić information content (AvgIpc) is 3.43. The standard InChI is InChI=1S/C23H26N4O2/c1-17(29-21-9-3-2-4-10-21)23(28)25-16-19-15-22(18-11-13-24-14-12-18)27(26-19)20-7-5-6-8-20/h2-4,9-15,17,20H,5-8,16H2,1H3,(H,25,28). The van der Waals surface area contributed by atoms with Crippen LogP contribution in [0.1, 0.15) is 44.3 Å². The van der Waals surface area contributed by atoms with Gasteiger partial charge in [-0.05, 0) is 50.1 Å². The van der Waals surface area contributed by atoms with Crippen LogP contribution in [-0.4, -0.2) is 26.8 Å². The molecular weight excluding hydrogens is 364 g/mol. The first-order valence-corrected chi connectivity index (χ1v) is 10.2. The van der Waals surface area contributed by atoms with Crippen molar-refractivity contribution in [1.29, 1.82) is 0 Å². The van der Waals surface area contributed by atoms with Gasteiger partial charge in [0.25, 0.3) is 5.91 Å². The number of hydrogen-bond donors (Lipinski definition) is 1. The number of nitrogens with zero attached hydrogens (tertiary/aromatic N) is 3. The van der Waals surface area contributed by atoms with Crippen molar-refractivity contribution < 1.29 is 9.53 Å². The van der Waals surface area contributed by atoms with Crippen LogP contribution in [0, 0.1) is 0 Å². The number of ether oxygens (including phenoxy) is 1. The largest absolute Gasteiger partial charge is 0.481 e. The quantitative estimate of drug-likeness (QED) is 0.658. The topological polar surface area (TPSA) is 69.0 Å². The summed E-state index contributed by atoms with van der Waals surface area (Å²) in [4.78, 5) is 16.6. The molecule has 150 valence electrons. The predicted molar refractivity (Wildman–Crippen MR) is 111 cm³/mol. The molecule has 1 aromatic carbocycles. The Hall–Kier alpha value is -3.15. The highest BCUT2D eigenvalue weighted by molar-refractivity contribution is 5.80. The fraction of sp³-hybridized carbons (Fsp3) is 0.348. The number of pyridine rings is 1. The molecule has 1 unspecified atom stereocenters. The summed E-state index contributed by atoms with van der Waals surface area (Å²) in [5.74, 6) is 0.523. The van der Waals surface area contributed by atoms with Crippen LogP contribution >= 0.6 is 0 Å². The van der Waals surface area contributed by atoms with Crippen LogP contribution < -0.4 is 10.1 Å². The smallest absolute Gasteiger partial charge is 0.261 e. The van der Waals surface area contributed by atoms with Gasteiger partial charge in [-0.2, -0.15) is 5.10 Å². The van der Waals surface area contributed by atoms with Crippen molar-refractivity contribution in [2.45, 2.75) is 51.3 Å². The van der Waals surface area contributed by atoms with E-state index in [2.05, 4.69) is 21.0 Å². The minimum Gasteiger partial charge on any atom is -0.481 e. The van der Waals surface area contributed by atoms with E-state index in [-0.39, 0.29) is 5.91 Å². The van der Waals surface area contributed by atoms with Gasteiger partial charge in [-0.1, -0.05) is 31.0 Å². The summed E-state index contributed by atoms with van der Waals surface area (Å²) in [6.45, 7) is 2.13. The Morgan fingerprint density at radius 2 is 1.90 bits per heavy atom. The molecule has 2 heterocycles. The number of hydrogen-bond acceptors (Lipinski definition) is 4. The van der Waals surface area contributed by atoms with E-state index in [4.69, 9.17) is 9.84 Å². The van der Waals surface area contributed by atoms with E-state index >= 15 is 0 Å². The third-order valence-electron chi connectivity index (χ3n) is 5.30. The summed E-state index contributed by atoms with van der Waals surface area (Å²) in [5, 5.41) is 7.77. The molecule has 0 radical (unpaired) electrons. The number of para-hydroxylation sites is 1. The Morgan fingerprint density at radius 3 is 2.62 bits per heavy atom. The molecule has 1 saturated carbocycles. The lowest BCUT2D eigenvalue weighted by molar-refractivity contribution is -0.127. The van der Waals surface area contributed by atoms with Gasteiger partial charge < -0.3 is 10.1 Å². The highest BCUT2D eigenvalue weighted by Gasteiger charge is 2.22. The third kappa shape index (κ3) is 4.65. The average molecular weight is 390 g/mol. The van der Waals surface area contributed by atoms with Crippen LogP contribution in [0.25, 0.3) is 11.3 Å². The molecule has 1 atom stereocenters. The van der Waals surface area contributed by atoms with Crippen molar-refractivity contribution in [1.82, 2.24) is 20.1 Å². The molecular formula is C23H26N4O2. The predicted octanol–water partition coefficient (Wildman–Crippen LogP) is 4.14. The molecule has 4 rings (SSSR count). The molecule has 2 aromatic heterocycles. The van der Waals surface area contributed by atoms with Crippen molar-refractivity contribution >= 4 is 5.91 Å². The van der Waals surface area contributed by atoms with Crippen LogP contribution in [0.4, 0.5) is 0 Å². The molecule has 6 nitrogen and oxygen atoms in total. The van der Waals surface area contributed by atoms with Crippen LogP contribution in [0.2, 0.25) is 0 Å². The molecule has 1 aliphatic carbocycles. The molecule has 0 bridgehead atoms. The van der Waals surface area contributed by atoms with E-state index in [9.17, 15) is 4.79 Å². The van der Waals surface area contributed by atoms with Crippen LogP contribution in [0.3, 0.4) is 0 Å². The van der Waals surface area contributed by atoms with Crippen LogP contribution in [-0.2, 0) is 11.3 Å². The summed E-state index contributed by atoms with van der Waals surface area (Å²) < 4.78 is 7.83. The lowest BCUT2D eigenvalue weighted by Gasteiger charge is -2.14. The second-order valence-electron chi connectivity index (χ2n) is 7.43. The van der Waals surface area contributed by atoms with Crippen molar-refractivity contribution in [3.63, 3.8) is 0 Å². The Labute approximate surface area is 170 Å². The summed E-state index contributed by atoms with van der Waals surface area (Å²) in [5.41, 5.74) is 3.03. The van der Waals surface area contributed by atoms with Gasteiger partial charge in [0.2, 0.25) is 0 Å². The molecule has 1 N–H and O–H groups in total. The monoisotopic (exact) mass is 390 g/mol. The summed E-state index contributed by atoms with van der Waals surface area (Å²) in [6, 6.07) is 15.9. The van der Waals surface area contributed by atoms with Crippen molar-refractivity contribution in [3.05, 3.63) is 66.6 Å². The molecule has 6 heteroatoms. The van der Waals surface area contributed by atoms with E-state index in [1.54, 1.807) is 19.3 Å². The molecule has 0 aliphatic heterocycles. The van der Waals surface area contributed by atoms with Gasteiger partial charge in [0, 0.05) is 18.0 Å². The molecule has 0 saturated heterocycles. The number of carbonyl (C=O) groups excluding carboxylic acids is 1. The van der Waals surface area contributed by atoms with Gasteiger partial charge in [-0.15, -0.1) is 0 Å². The second kappa shape index (κ2) is 8.90. The fourth-order valence-electron chi connectivity index (χ4n) is 3.78. The van der Waals surface area contributed by atoms with E-state index in [1.165, 1.54) is 12.8 Å². The van der Waals surface area contributed by atoms with E-state index < -0.39 is 6.10 Å². The maximum Gasteiger partial charge on any atom is 0.261 e. The SMILES string of the molecule is CC(Oc1ccccc1)C(=O)NCc1cc(-c2ccncc2)n(C2CCCC2)n1. The van der Waals surface area contributed by atoms with Gasteiger partial charge in [0.05, 0.1) is 24.0 Å². The Morgan fingerprint density at radius 1 is 1.17 bits per heavy atom. The lowest BCUT2D eigenvalue weighted by atomic mass is 10.1. The maximum atomic E-state index is 12.5. The number of aromatic nitrogens is 3. The molecule has 3 aromatic rings. The van der Waals surface area contributed by atoms with Crippen LogP contribution in [0.5, 0.6) is 5.75 Å². The minimum atomic E-state index is -0.575. The zero-order chi connectivity index (χ0) is 20.1. The van der Waals surface area contributed by atoms with Crippen molar-refractivity contribution in [2.75, 3.05) is 0 Å². The highest BCUT2D eigenvalue weighted by atomic mass is 16.5. The Bertz CT molecular complexity index is 934. The van der Waals surface area contributed by atoms with Crippen molar-refractivity contribution in [2.24, 2.45) is 0 Å². The molecule has 0 spiro atoms. The van der Waals surface area contributed by atoms with Gasteiger partial charge >= 0.3 is 0 Å². The first kappa shape index (κ1) is 19.2. The zero-order valence-corrected chi connectivity index (χ0v) is 16.6. The summed E-state index contributed by atoms with van der Waals surface area (Å²) in [6.07, 6.45) is 7.79. The van der Waals surface area contributed by atoms with Crippen molar-refractivity contribution in [3.8, 4) is 17.0 Å². The van der Waals surface area contributed by atoms with Crippen LogP contribution in [0.15, 0.2) is 60.9 Å². The van der Waals surface area contributed by atoms with Gasteiger partial charge in [-0.25, -0.2) is 0 Å². The van der Waals surface area contributed by atoms with E-state index in [0.29, 0.717) is 18.3 Å². The first-order valence-electron chi connectivity index (χ1n) is 10.2. The molecule has 1 fully saturated rings. The van der Waals surface area contributed by atoms with Gasteiger partial charge in [-0.3, -0.25) is 14.5 Å². The van der Waals surface area contributed by atoms with E-state index in [0.717, 1.165) is 29.8 Å². The Balaban J connectivity index is 1.45. The lowest BCUT2D eigenvalue weighted by Crippen LogP contribution is -2.36. The van der Waals surface area contributed by atoms with E-state index in [1.807, 2.05) is 42.5 Å². The molecule has 29 heavy (non-hydrogen) atoms. The number of carbonyl (C=O) groups is 1. The third-order valence-corrected chi connectivity index (χ3v) is 5.30. The minimum absolute atomic E-state index is 0.158. The molecule has 1 amide bonds.